The number of rotatable bonds is 5. The zero-order valence-corrected chi connectivity index (χ0v) is 17.9. The maximum atomic E-state index is 11.9. The molecule has 2 aromatic rings. The Hall–Kier alpha value is -2.17. The summed E-state index contributed by atoms with van der Waals surface area (Å²) in [7, 11) is 1.66. The molecule has 9 heteroatoms. The van der Waals surface area contributed by atoms with Gasteiger partial charge in [0.2, 0.25) is 5.95 Å². The van der Waals surface area contributed by atoms with Crippen LogP contribution in [0.4, 0.5) is 11.8 Å². The third kappa shape index (κ3) is 3.78. The average molecular weight is 483 g/mol. The lowest BCUT2D eigenvalue weighted by Crippen LogP contribution is -2.24. The number of pyridine rings is 1. The van der Waals surface area contributed by atoms with E-state index in [1.54, 1.807) is 30.1 Å². The molecular formula is C18H22IN5O3. The molecule has 1 aliphatic heterocycles. The van der Waals surface area contributed by atoms with Gasteiger partial charge in [-0.15, -0.1) is 0 Å². The fourth-order valence-electron chi connectivity index (χ4n) is 3.70. The van der Waals surface area contributed by atoms with Crippen LogP contribution in [-0.4, -0.2) is 34.6 Å². The van der Waals surface area contributed by atoms with E-state index >= 15 is 0 Å². The number of anilines is 2. The third-order valence-corrected chi connectivity index (χ3v) is 5.36. The maximum absolute atomic E-state index is 11.9. The number of hydrogen-bond donors (Lipinski definition) is 1. The van der Waals surface area contributed by atoms with Gasteiger partial charge in [-0.3, -0.25) is 9.78 Å². The Kier molecular flexibility index (Phi) is 5.68. The summed E-state index contributed by atoms with van der Waals surface area (Å²) in [5, 5.41) is 0. The highest BCUT2D eigenvalue weighted by atomic mass is 127. The predicted molar refractivity (Wildman–Crippen MR) is 110 cm³/mol. The Labute approximate surface area is 172 Å². The molecular weight excluding hydrogens is 461 g/mol. The fraction of sp³-hybridized carbons (Fsp3) is 0.444. The molecule has 27 heavy (non-hydrogen) atoms. The van der Waals surface area contributed by atoms with Crippen molar-refractivity contribution in [2.24, 2.45) is 0 Å². The van der Waals surface area contributed by atoms with Crippen molar-refractivity contribution >= 4 is 40.7 Å². The van der Waals surface area contributed by atoms with E-state index in [1.165, 1.54) is 0 Å². The van der Waals surface area contributed by atoms with Crippen LogP contribution >= 0.6 is 23.0 Å². The summed E-state index contributed by atoms with van der Waals surface area (Å²) in [6.07, 6.45) is 2.08. The average Bonchev–Trinajstić information content (AvgIpc) is 2.95. The SMILES string of the molecule is COc1c(C)cnc(CN2C[C@H](CC(=O)OI)c3c(C)nc(N)nc32)c1C. The zero-order chi connectivity index (χ0) is 19.7. The normalized spacial score (nSPS) is 15.6. The van der Waals surface area contributed by atoms with E-state index in [1.807, 2.05) is 27.0 Å². The molecule has 0 bridgehead atoms. The maximum Gasteiger partial charge on any atom is 0.315 e. The van der Waals surface area contributed by atoms with Crippen molar-refractivity contribution in [3.05, 3.63) is 34.3 Å². The molecule has 2 aromatic heterocycles. The van der Waals surface area contributed by atoms with Crippen molar-refractivity contribution in [2.75, 3.05) is 24.3 Å². The molecule has 0 spiro atoms. The second-order valence-corrected chi connectivity index (χ2v) is 7.12. The first-order chi connectivity index (χ1) is 12.8. The molecule has 0 radical (unpaired) electrons. The number of nitrogens with zero attached hydrogens (tertiary/aromatic N) is 4. The molecule has 0 aromatic carbocycles. The van der Waals surface area contributed by atoms with E-state index in [2.05, 4.69) is 19.9 Å². The summed E-state index contributed by atoms with van der Waals surface area (Å²) in [6.45, 7) is 7.02. The van der Waals surface area contributed by atoms with Gasteiger partial charge in [0.05, 0.1) is 25.8 Å². The highest BCUT2D eigenvalue weighted by Crippen LogP contribution is 2.40. The van der Waals surface area contributed by atoms with Crippen molar-refractivity contribution in [3.63, 3.8) is 0 Å². The number of carbonyl (C=O) groups excluding carboxylic acids is 1. The van der Waals surface area contributed by atoms with Crippen LogP contribution in [0, 0.1) is 20.8 Å². The Bertz CT molecular complexity index is 890. The Morgan fingerprint density at radius 3 is 2.78 bits per heavy atom. The summed E-state index contributed by atoms with van der Waals surface area (Å²) in [5.74, 6) is 1.50. The third-order valence-electron chi connectivity index (χ3n) is 4.87. The van der Waals surface area contributed by atoms with E-state index in [0.717, 1.165) is 39.6 Å². The van der Waals surface area contributed by atoms with Gasteiger partial charge in [0.25, 0.3) is 0 Å². The van der Waals surface area contributed by atoms with Crippen LogP contribution in [0.3, 0.4) is 0 Å². The number of ether oxygens (including phenoxy) is 1. The molecule has 3 rings (SSSR count). The summed E-state index contributed by atoms with van der Waals surface area (Å²) < 4.78 is 10.3. The quantitative estimate of drug-likeness (QED) is 0.648. The van der Waals surface area contributed by atoms with E-state index in [4.69, 9.17) is 13.5 Å². The molecule has 8 nitrogen and oxygen atoms in total. The van der Waals surface area contributed by atoms with E-state index in [0.29, 0.717) is 13.1 Å². The fourth-order valence-corrected chi connectivity index (χ4v) is 3.88. The molecule has 0 saturated heterocycles. The van der Waals surface area contributed by atoms with Gasteiger partial charge >= 0.3 is 5.97 Å². The number of aryl methyl sites for hydroxylation is 2. The lowest BCUT2D eigenvalue weighted by Gasteiger charge is -2.21. The number of fused-ring (bicyclic) bond motifs is 1. The zero-order valence-electron chi connectivity index (χ0n) is 15.7. The summed E-state index contributed by atoms with van der Waals surface area (Å²) in [4.78, 5) is 27.2. The molecule has 144 valence electrons. The molecule has 0 saturated carbocycles. The number of hydrogen-bond acceptors (Lipinski definition) is 8. The minimum Gasteiger partial charge on any atom is -0.496 e. The van der Waals surface area contributed by atoms with Crippen molar-refractivity contribution in [3.8, 4) is 5.75 Å². The topological polar surface area (TPSA) is 103 Å². The molecule has 2 N–H and O–H groups in total. The first-order valence-electron chi connectivity index (χ1n) is 8.55. The highest BCUT2D eigenvalue weighted by Gasteiger charge is 2.35. The Balaban J connectivity index is 1.97. The standard InChI is InChI=1S/C18H22IN5O3/c1-9-6-21-13(10(2)16(9)26-4)8-24-7-12(5-14(25)27-19)15-11(3)22-18(20)23-17(15)24/h6,12H,5,7-8H2,1-4H3,(H2,20,22,23)/t12-/m0/s1. The van der Waals surface area contributed by atoms with E-state index < -0.39 is 0 Å². The minimum atomic E-state index is -0.268. The molecule has 0 fully saturated rings. The van der Waals surface area contributed by atoms with Crippen LogP contribution in [0.5, 0.6) is 5.75 Å². The van der Waals surface area contributed by atoms with Crippen molar-refractivity contribution in [1.82, 2.24) is 15.0 Å². The lowest BCUT2D eigenvalue weighted by atomic mass is 9.98. The first-order valence-corrected chi connectivity index (χ1v) is 9.43. The van der Waals surface area contributed by atoms with Gasteiger partial charge in [0, 0.05) is 41.0 Å². The van der Waals surface area contributed by atoms with Crippen LogP contribution in [0.2, 0.25) is 0 Å². The van der Waals surface area contributed by atoms with Crippen LogP contribution < -0.4 is 15.4 Å². The van der Waals surface area contributed by atoms with Crippen LogP contribution in [-0.2, 0) is 14.4 Å². The van der Waals surface area contributed by atoms with Crippen molar-refractivity contribution in [2.45, 2.75) is 39.7 Å². The molecule has 3 heterocycles. The number of nitrogens with two attached hydrogens (primary N) is 1. The van der Waals surface area contributed by atoms with Gasteiger partial charge in [0.15, 0.2) is 23.0 Å². The Morgan fingerprint density at radius 2 is 2.11 bits per heavy atom. The largest absolute Gasteiger partial charge is 0.496 e. The number of aromatic nitrogens is 3. The van der Waals surface area contributed by atoms with Gasteiger partial charge in [0.1, 0.15) is 11.6 Å². The second-order valence-electron chi connectivity index (χ2n) is 6.68. The van der Waals surface area contributed by atoms with Gasteiger partial charge < -0.3 is 18.4 Å². The van der Waals surface area contributed by atoms with Gasteiger partial charge in [-0.05, 0) is 20.8 Å². The van der Waals surface area contributed by atoms with E-state index in [9.17, 15) is 4.79 Å². The molecule has 1 atom stereocenters. The first kappa shape index (κ1) is 19.6. The van der Waals surface area contributed by atoms with Crippen molar-refractivity contribution < 1.29 is 12.6 Å². The Morgan fingerprint density at radius 1 is 1.37 bits per heavy atom. The lowest BCUT2D eigenvalue weighted by molar-refractivity contribution is -0.131. The predicted octanol–water partition coefficient (Wildman–Crippen LogP) is 2.77. The molecule has 1 aliphatic rings. The summed E-state index contributed by atoms with van der Waals surface area (Å²) >= 11 is 1.61. The van der Waals surface area contributed by atoms with Crippen molar-refractivity contribution in [1.29, 1.82) is 0 Å². The van der Waals surface area contributed by atoms with Crippen LogP contribution in [0.25, 0.3) is 0 Å². The summed E-state index contributed by atoms with van der Waals surface area (Å²) in [5.41, 5.74) is 10.5. The molecule has 0 amide bonds. The van der Waals surface area contributed by atoms with Gasteiger partial charge in [-0.25, -0.2) is 4.98 Å². The molecule has 0 aliphatic carbocycles. The van der Waals surface area contributed by atoms with Gasteiger partial charge in [-0.1, -0.05) is 0 Å². The number of carbonyl (C=O) groups is 1. The molecule has 0 unspecified atom stereocenters. The number of nitrogen functional groups attached to an aromatic ring is 1. The second kappa shape index (κ2) is 7.83. The minimum absolute atomic E-state index is 0.0458. The number of halogens is 1. The van der Waals surface area contributed by atoms with E-state index in [-0.39, 0.29) is 24.3 Å². The number of methoxy groups -OCH3 is 1. The van der Waals surface area contributed by atoms with Crippen LogP contribution in [0.15, 0.2) is 6.20 Å². The van der Waals surface area contributed by atoms with Crippen LogP contribution in [0.1, 0.15) is 40.4 Å². The highest BCUT2D eigenvalue weighted by molar-refractivity contribution is 14.1. The van der Waals surface area contributed by atoms with Gasteiger partial charge in [-0.2, -0.15) is 4.98 Å². The summed E-state index contributed by atoms with van der Waals surface area (Å²) in [6, 6.07) is 0. The monoisotopic (exact) mass is 483 g/mol. The smallest absolute Gasteiger partial charge is 0.315 e.